The lowest BCUT2D eigenvalue weighted by Crippen LogP contribution is -2.30. The van der Waals surface area contributed by atoms with Gasteiger partial charge in [0.15, 0.2) is 5.78 Å². The predicted molar refractivity (Wildman–Crippen MR) is 107 cm³/mol. The fourth-order valence-corrected chi connectivity index (χ4v) is 3.42. The van der Waals surface area contributed by atoms with Crippen LogP contribution in [-0.2, 0) is 15.7 Å². The van der Waals surface area contributed by atoms with E-state index in [1.807, 2.05) is 0 Å². The highest BCUT2D eigenvalue weighted by atomic mass is 19.4. The van der Waals surface area contributed by atoms with Crippen LogP contribution in [0.4, 0.5) is 13.2 Å². The van der Waals surface area contributed by atoms with Crippen LogP contribution in [0, 0.1) is 6.92 Å². The Morgan fingerprint density at radius 3 is 2.57 bits per heavy atom. The molecule has 1 heterocycles. The molecule has 8 heteroatoms. The number of fused-ring (bicyclic) bond motifs is 1. The van der Waals surface area contributed by atoms with Crippen molar-refractivity contribution in [1.82, 2.24) is 10.3 Å². The molecule has 1 aliphatic carbocycles. The third kappa shape index (κ3) is 5.36. The number of nitrogens with zero attached hydrogens (tertiary/aromatic N) is 1. The van der Waals surface area contributed by atoms with Gasteiger partial charge in [0.1, 0.15) is 5.69 Å². The number of Topliss-reactive ketones (excluding diaryl/α,β-unsaturated/α-hetero) is 1. The van der Waals surface area contributed by atoms with E-state index in [2.05, 4.69) is 10.3 Å². The summed E-state index contributed by atoms with van der Waals surface area (Å²) in [6.07, 6.45) is -1.12. The van der Waals surface area contributed by atoms with Crippen LogP contribution in [0.1, 0.15) is 65.2 Å². The number of nitrogens with one attached hydrogen (secondary N) is 1. The molecule has 1 aromatic carbocycles. The van der Waals surface area contributed by atoms with Crippen LogP contribution < -0.4 is 5.32 Å². The highest BCUT2D eigenvalue weighted by Gasteiger charge is 2.36. The number of aromatic nitrogens is 1. The van der Waals surface area contributed by atoms with E-state index in [-0.39, 0.29) is 29.5 Å². The first kappa shape index (κ1) is 22.2. The summed E-state index contributed by atoms with van der Waals surface area (Å²) in [5.74, 6) is -0.653. The molecule has 0 atom stereocenters. The Morgan fingerprint density at radius 2 is 1.93 bits per heavy atom. The molecular formula is C22H25F3N2O3. The number of ketones is 1. The quantitative estimate of drug-likeness (QED) is 0.602. The fourth-order valence-electron chi connectivity index (χ4n) is 3.42. The van der Waals surface area contributed by atoms with E-state index in [1.165, 1.54) is 6.07 Å². The third-order valence-corrected chi connectivity index (χ3v) is 5.23. The van der Waals surface area contributed by atoms with Crippen molar-refractivity contribution in [3.8, 4) is 0 Å². The number of pyridine rings is 1. The second-order valence-corrected chi connectivity index (χ2v) is 7.73. The van der Waals surface area contributed by atoms with E-state index in [4.69, 9.17) is 4.74 Å². The van der Waals surface area contributed by atoms with E-state index in [1.54, 1.807) is 20.1 Å². The maximum absolute atomic E-state index is 13.7. The zero-order valence-corrected chi connectivity index (χ0v) is 17.1. The van der Waals surface area contributed by atoms with Crippen LogP contribution >= 0.6 is 0 Å². The van der Waals surface area contributed by atoms with Crippen molar-refractivity contribution in [3.63, 3.8) is 0 Å². The van der Waals surface area contributed by atoms with Gasteiger partial charge in [0.05, 0.1) is 17.6 Å². The van der Waals surface area contributed by atoms with Gasteiger partial charge in [-0.15, -0.1) is 0 Å². The van der Waals surface area contributed by atoms with Crippen LogP contribution in [0.15, 0.2) is 18.2 Å². The molecule has 1 saturated carbocycles. The number of benzene rings is 1. The Kier molecular flexibility index (Phi) is 6.75. The summed E-state index contributed by atoms with van der Waals surface area (Å²) >= 11 is 0. The molecule has 0 bridgehead atoms. The Bertz CT molecular complexity index is 953. The van der Waals surface area contributed by atoms with Crippen molar-refractivity contribution >= 4 is 22.6 Å². The molecule has 0 radical (unpaired) electrons. The number of amides is 1. The Morgan fingerprint density at radius 1 is 1.20 bits per heavy atom. The molecule has 3 rings (SSSR count). The number of carbonyl (C=O) groups excluding carboxylic acids is 2. The van der Waals surface area contributed by atoms with Crippen molar-refractivity contribution < 1.29 is 27.5 Å². The maximum atomic E-state index is 13.7. The first-order valence-electron chi connectivity index (χ1n) is 10.0. The van der Waals surface area contributed by atoms with Crippen LogP contribution in [0.2, 0.25) is 0 Å². The van der Waals surface area contributed by atoms with Gasteiger partial charge < -0.3 is 10.1 Å². The summed E-state index contributed by atoms with van der Waals surface area (Å²) in [5.41, 5.74) is 0.0219. The minimum atomic E-state index is -4.57. The summed E-state index contributed by atoms with van der Waals surface area (Å²) in [6, 6.07) is 4.37. The van der Waals surface area contributed by atoms with E-state index >= 15 is 0 Å². The lowest BCUT2D eigenvalue weighted by atomic mass is 9.98. The number of rotatable bonds is 9. The fraction of sp³-hybridized carbons (Fsp3) is 0.500. The van der Waals surface area contributed by atoms with Crippen LogP contribution in [0.5, 0.6) is 0 Å². The first-order chi connectivity index (χ1) is 14.2. The summed E-state index contributed by atoms with van der Waals surface area (Å²) in [4.78, 5) is 28.4. The smallest absolute Gasteiger partial charge is 0.385 e. The standard InChI is InChI=1S/C22H25F3N2O3/c1-13-9-19(21(29)26-12-16(28)5-3-4-8-30-2)27-20-17(13)10-15(14-6-7-14)11-18(20)22(23,24)25/h9-11,14H,3-8,12H2,1-2H3,(H,26,29). The minimum absolute atomic E-state index is 0.128. The average molecular weight is 422 g/mol. The molecule has 1 amide bonds. The average Bonchev–Trinajstić information content (AvgIpc) is 3.53. The molecule has 0 saturated heterocycles. The van der Waals surface area contributed by atoms with Gasteiger partial charge in [-0.2, -0.15) is 13.2 Å². The van der Waals surface area contributed by atoms with Crippen molar-refractivity contribution in [2.45, 2.75) is 51.1 Å². The van der Waals surface area contributed by atoms with Gasteiger partial charge in [-0.05, 0) is 67.9 Å². The van der Waals surface area contributed by atoms with Crippen LogP contribution in [-0.4, -0.2) is 36.9 Å². The van der Waals surface area contributed by atoms with Crippen molar-refractivity contribution in [2.24, 2.45) is 0 Å². The van der Waals surface area contributed by atoms with Crippen molar-refractivity contribution in [2.75, 3.05) is 20.3 Å². The molecule has 1 fully saturated rings. The summed E-state index contributed by atoms with van der Waals surface area (Å²) in [6.45, 7) is 2.04. The number of unbranched alkanes of at least 4 members (excludes halogenated alkanes) is 1. The van der Waals surface area contributed by atoms with Gasteiger partial charge in [-0.25, -0.2) is 4.98 Å². The number of alkyl halides is 3. The second kappa shape index (κ2) is 9.12. The van der Waals surface area contributed by atoms with E-state index in [0.717, 1.165) is 25.3 Å². The van der Waals surface area contributed by atoms with E-state index in [0.29, 0.717) is 36.0 Å². The molecule has 5 nitrogen and oxygen atoms in total. The zero-order valence-electron chi connectivity index (χ0n) is 17.1. The normalized spacial score (nSPS) is 14.2. The maximum Gasteiger partial charge on any atom is 0.418 e. The Balaban J connectivity index is 1.80. The number of aryl methyl sites for hydroxylation is 1. The SMILES string of the molecule is COCCCCC(=O)CNC(=O)c1cc(C)c2cc(C3CC3)cc(C(F)(F)F)c2n1. The van der Waals surface area contributed by atoms with Gasteiger partial charge in [0.2, 0.25) is 0 Å². The number of hydrogen-bond acceptors (Lipinski definition) is 4. The number of ether oxygens (including phenoxy) is 1. The van der Waals surface area contributed by atoms with Crippen molar-refractivity contribution in [3.05, 3.63) is 40.6 Å². The topological polar surface area (TPSA) is 68.3 Å². The van der Waals surface area contributed by atoms with Gasteiger partial charge in [-0.1, -0.05) is 0 Å². The molecule has 1 aliphatic rings. The monoisotopic (exact) mass is 422 g/mol. The number of hydrogen-bond donors (Lipinski definition) is 1. The van der Waals surface area contributed by atoms with Gasteiger partial charge in [0, 0.05) is 25.5 Å². The molecule has 162 valence electrons. The molecule has 1 aromatic heterocycles. The Labute approximate surface area is 173 Å². The van der Waals surface area contributed by atoms with Crippen LogP contribution in [0.3, 0.4) is 0 Å². The minimum Gasteiger partial charge on any atom is -0.385 e. The van der Waals surface area contributed by atoms with Crippen LogP contribution in [0.25, 0.3) is 10.9 Å². The molecule has 0 unspecified atom stereocenters. The van der Waals surface area contributed by atoms with Crippen molar-refractivity contribution in [1.29, 1.82) is 0 Å². The highest BCUT2D eigenvalue weighted by molar-refractivity contribution is 5.98. The molecule has 0 aliphatic heterocycles. The molecule has 1 N–H and O–H groups in total. The lowest BCUT2D eigenvalue weighted by Gasteiger charge is -2.15. The molecule has 2 aromatic rings. The first-order valence-corrected chi connectivity index (χ1v) is 10.0. The number of halogens is 3. The summed E-state index contributed by atoms with van der Waals surface area (Å²) < 4.78 is 46.0. The summed E-state index contributed by atoms with van der Waals surface area (Å²) in [5, 5.41) is 2.87. The number of methoxy groups -OCH3 is 1. The Hall–Kier alpha value is -2.48. The third-order valence-electron chi connectivity index (χ3n) is 5.23. The van der Waals surface area contributed by atoms with Gasteiger partial charge in [0.25, 0.3) is 5.91 Å². The highest BCUT2D eigenvalue weighted by Crippen LogP contribution is 2.44. The predicted octanol–water partition coefficient (Wildman–Crippen LogP) is 4.56. The van der Waals surface area contributed by atoms with Gasteiger partial charge in [-0.3, -0.25) is 9.59 Å². The molecule has 30 heavy (non-hydrogen) atoms. The number of carbonyl (C=O) groups is 2. The largest absolute Gasteiger partial charge is 0.418 e. The second-order valence-electron chi connectivity index (χ2n) is 7.73. The molecule has 0 spiro atoms. The lowest BCUT2D eigenvalue weighted by molar-refractivity contribution is -0.136. The zero-order chi connectivity index (χ0) is 21.9. The molecular weight excluding hydrogens is 397 g/mol. The summed E-state index contributed by atoms with van der Waals surface area (Å²) in [7, 11) is 1.58. The van der Waals surface area contributed by atoms with E-state index < -0.39 is 17.6 Å². The van der Waals surface area contributed by atoms with Gasteiger partial charge >= 0.3 is 6.18 Å². The van der Waals surface area contributed by atoms with E-state index in [9.17, 15) is 22.8 Å².